The van der Waals surface area contributed by atoms with Crippen molar-refractivity contribution in [3.63, 3.8) is 0 Å². The summed E-state index contributed by atoms with van der Waals surface area (Å²) in [6.07, 6.45) is 4.25. The lowest BCUT2D eigenvalue weighted by molar-refractivity contribution is -0.132. The highest BCUT2D eigenvalue weighted by atomic mass is 16.6. The van der Waals surface area contributed by atoms with Gasteiger partial charge in [-0.2, -0.15) is 0 Å². The average molecular weight is 246 g/mol. The monoisotopic (exact) mass is 246 g/mol. The number of methoxy groups -OCH3 is 1. The van der Waals surface area contributed by atoms with Gasteiger partial charge in [-0.1, -0.05) is 18.7 Å². The van der Waals surface area contributed by atoms with Gasteiger partial charge >= 0.3 is 5.97 Å². The molecule has 0 heterocycles. The highest BCUT2D eigenvalue weighted by molar-refractivity contribution is 6.01. The molecular formula is C14H14O4. The van der Waals surface area contributed by atoms with E-state index in [9.17, 15) is 9.59 Å². The SMILES string of the molecule is C=CC(=O)C=Cc1ccc(OC(C)=O)c(OC)c1. The lowest BCUT2D eigenvalue weighted by Gasteiger charge is -2.08. The van der Waals surface area contributed by atoms with Gasteiger partial charge in [0.05, 0.1) is 7.11 Å². The van der Waals surface area contributed by atoms with Crippen molar-refractivity contribution in [2.75, 3.05) is 7.11 Å². The highest BCUT2D eigenvalue weighted by Crippen LogP contribution is 2.28. The summed E-state index contributed by atoms with van der Waals surface area (Å²) in [5.41, 5.74) is 0.762. The highest BCUT2D eigenvalue weighted by Gasteiger charge is 2.06. The first-order valence-corrected chi connectivity index (χ1v) is 5.27. The van der Waals surface area contributed by atoms with Gasteiger partial charge in [0, 0.05) is 6.92 Å². The molecule has 18 heavy (non-hydrogen) atoms. The summed E-state index contributed by atoms with van der Waals surface area (Å²) in [5, 5.41) is 0. The van der Waals surface area contributed by atoms with Gasteiger partial charge in [0.2, 0.25) is 0 Å². The molecule has 0 spiro atoms. The minimum absolute atomic E-state index is 0.182. The van der Waals surface area contributed by atoms with Crippen molar-refractivity contribution < 1.29 is 19.1 Å². The Morgan fingerprint density at radius 1 is 1.28 bits per heavy atom. The van der Waals surface area contributed by atoms with Crippen molar-refractivity contribution in [2.24, 2.45) is 0 Å². The molecule has 0 fully saturated rings. The predicted molar refractivity (Wildman–Crippen MR) is 68.5 cm³/mol. The molecule has 0 aliphatic carbocycles. The maximum absolute atomic E-state index is 11.0. The minimum Gasteiger partial charge on any atom is -0.493 e. The second-order valence-corrected chi connectivity index (χ2v) is 3.44. The lowest BCUT2D eigenvalue weighted by Crippen LogP contribution is -2.03. The number of allylic oxidation sites excluding steroid dienone is 2. The van der Waals surface area contributed by atoms with Gasteiger partial charge in [0.1, 0.15) is 0 Å². The van der Waals surface area contributed by atoms with Crippen LogP contribution < -0.4 is 9.47 Å². The molecule has 94 valence electrons. The number of rotatable bonds is 5. The van der Waals surface area contributed by atoms with Crippen molar-refractivity contribution in [3.05, 3.63) is 42.5 Å². The molecule has 0 aliphatic rings. The molecule has 0 amide bonds. The van der Waals surface area contributed by atoms with Gasteiger partial charge in [0.15, 0.2) is 17.3 Å². The number of esters is 1. The van der Waals surface area contributed by atoms with Gasteiger partial charge in [-0.3, -0.25) is 9.59 Å². The van der Waals surface area contributed by atoms with Crippen LogP contribution in [0.5, 0.6) is 11.5 Å². The molecule has 0 saturated heterocycles. The molecule has 1 aromatic rings. The first-order chi connectivity index (χ1) is 8.56. The minimum atomic E-state index is -0.418. The van der Waals surface area contributed by atoms with E-state index in [1.54, 1.807) is 24.3 Å². The van der Waals surface area contributed by atoms with Gasteiger partial charge in [-0.05, 0) is 29.8 Å². The summed E-state index contributed by atoms with van der Waals surface area (Å²) in [4.78, 5) is 21.9. The summed E-state index contributed by atoms with van der Waals surface area (Å²) >= 11 is 0. The Kier molecular flexibility index (Phi) is 4.87. The molecule has 0 radical (unpaired) electrons. The van der Waals surface area contributed by atoms with Gasteiger partial charge in [0.25, 0.3) is 0 Å². The molecule has 1 rings (SSSR count). The third kappa shape index (κ3) is 3.90. The Balaban J connectivity index is 2.98. The zero-order valence-electron chi connectivity index (χ0n) is 10.3. The fourth-order valence-electron chi connectivity index (χ4n) is 1.27. The van der Waals surface area contributed by atoms with Crippen molar-refractivity contribution in [2.45, 2.75) is 6.92 Å². The summed E-state index contributed by atoms with van der Waals surface area (Å²) < 4.78 is 10.1. The Bertz CT molecular complexity index is 501. The fourth-order valence-corrected chi connectivity index (χ4v) is 1.27. The van der Waals surface area contributed by atoms with Gasteiger partial charge in [-0.25, -0.2) is 0 Å². The molecule has 4 nitrogen and oxygen atoms in total. The second-order valence-electron chi connectivity index (χ2n) is 3.44. The Morgan fingerprint density at radius 2 is 2.00 bits per heavy atom. The van der Waals surface area contributed by atoms with Crippen LogP contribution in [0.3, 0.4) is 0 Å². The molecule has 0 bridgehead atoms. The molecule has 0 saturated carbocycles. The van der Waals surface area contributed by atoms with Crippen molar-refractivity contribution in [1.29, 1.82) is 0 Å². The predicted octanol–water partition coefficient (Wildman–Crippen LogP) is 2.39. The first-order valence-electron chi connectivity index (χ1n) is 5.27. The van der Waals surface area contributed by atoms with E-state index >= 15 is 0 Å². The van der Waals surface area contributed by atoms with Crippen LogP contribution in [-0.2, 0) is 9.59 Å². The summed E-state index contributed by atoms with van der Waals surface area (Å²) in [5.74, 6) is 0.173. The zero-order chi connectivity index (χ0) is 13.5. The quantitative estimate of drug-likeness (QED) is 0.454. The Hall–Kier alpha value is -2.36. The topological polar surface area (TPSA) is 52.6 Å². The number of carbonyl (C=O) groups is 2. The van der Waals surface area contributed by atoms with E-state index in [0.29, 0.717) is 11.5 Å². The van der Waals surface area contributed by atoms with Crippen LogP contribution in [0.1, 0.15) is 12.5 Å². The Labute approximate surface area is 106 Å². The molecule has 1 aromatic carbocycles. The molecule has 0 atom stereocenters. The van der Waals surface area contributed by atoms with E-state index in [-0.39, 0.29) is 5.78 Å². The number of carbonyl (C=O) groups excluding carboxylic acids is 2. The molecular weight excluding hydrogens is 232 g/mol. The molecule has 4 heteroatoms. The van der Waals surface area contributed by atoms with E-state index < -0.39 is 5.97 Å². The third-order valence-electron chi connectivity index (χ3n) is 2.08. The number of ether oxygens (including phenoxy) is 2. The van der Waals surface area contributed by atoms with Crippen LogP contribution in [0.2, 0.25) is 0 Å². The number of hydrogen-bond donors (Lipinski definition) is 0. The summed E-state index contributed by atoms with van der Waals surface area (Å²) in [7, 11) is 1.48. The smallest absolute Gasteiger partial charge is 0.308 e. The lowest BCUT2D eigenvalue weighted by atomic mass is 10.1. The van der Waals surface area contributed by atoms with Gasteiger partial charge in [-0.15, -0.1) is 0 Å². The van der Waals surface area contributed by atoms with Crippen molar-refractivity contribution in [3.8, 4) is 11.5 Å². The molecule has 0 aromatic heterocycles. The number of ketones is 1. The van der Waals surface area contributed by atoms with E-state index in [0.717, 1.165) is 5.56 Å². The zero-order valence-corrected chi connectivity index (χ0v) is 10.3. The van der Waals surface area contributed by atoms with E-state index in [4.69, 9.17) is 9.47 Å². The molecule has 0 unspecified atom stereocenters. The third-order valence-corrected chi connectivity index (χ3v) is 2.08. The van der Waals surface area contributed by atoms with E-state index in [1.807, 2.05) is 0 Å². The fraction of sp³-hybridized carbons (Fsp3) is 0.143. The summed E-state index contributed by atoms with van der Waals surface area (Å²) in [6, 6.07) is 5.00. The average Bonchev–Trinajstić information content (AvgIpc) is 2.36. The van der Waals surface area contributed by atoms with E-state index in [1.165, 1.54) is 26.2 Å². The maximum atomic E-state index is 11.0. The Morgan fingerprint density at radius 3 is 2.56 bits per heavy atom. The second kappa shape index (κ2) is 6.39. The van der Waals surface area contributed by atoms with Crippen LogP contribution in [0.4, 0.5) is 0 Å². The van der Waals surface area contributed by atoms with Crippen LogP contribution >= 0.6 is 0 Å². The van der Waals surface area contributed by atoms with Crippen LogP contribution in [-0.4, -0.2) is 18.9 Å². The van der Waals surface area contributed by atoms with Crippen LogP contribution in [0.25, 0.3) is 6.08 Å². The molecule has 0 aliphatic heterocycles. The standard InChI is InChI=1S/C14H14O4/c1-4-12(16)7-5-11-6-8-13(18-10(2)15)14(9-11)17-3/h4-9H,1H2,2-3H3. The number of hydrogen-bond acceptors (Lipinski definition) is 4. The summed E-state index contributed by atoms with van der Waals surface area (Å²) in [6.45, 7) is 4.69. The van der Waals surface area contributed by atoms with Gasteiger partial charge < -0.3 is 9.47 Å². The maximum Gasteiger partial charge on any atom is 0.308 e. The largest absolute Gasteiger partial charge is 0.493 e. The van der Waals surface area contributed by atoms with Crippen molar-refractivity contribution in [1.82, 2.24) is 0 Å². The van der Waals surface area contributed by atoms with Crippen LogP contribution in [0, 0.1) is 0 Å². The van der Waals surface area contributed by atoms with Crippen molar-refractivity contribution >= 4 is 17.8 Å². The van der Waals surface area contributed by atoms with Crippen LogP contribution in [0.15, 0.2) is 36.9 Å². The van der Waals surface area contributed by atoms with E-state index in [2.05, 4.69) is 6.58 Å². The number of benzene rings is 1. The normalized spacial score (nSPS) is 10.1. The molecule has 0 N–H and O–H groups in total. The first kappa shape index (κ1) is 13.7.